The maximum atomic E-state index is 12.9. The van der Waals surface area contributed by atoms with E-state index in [0.717, 1.165) is 11.0 Å². The molecule has 0 aliphatic carbocycles. The second kappa shape index (κ2) is 6.60. The molecule has 0 fully saturated rings. The number of hydrogen-bond donors (Lipinski definition) is 1. The summed E-state index contributed by atoms with van der Waals surface area (Å²) >= 11 is 0. The van der Waals surface area contributed by atoms with Gasteiger partial charge in [0.2, 0.25) is 11.8 Å². The third-order valence-corrected chi connectivity index (χ3v) is 2.90. The number of likely N-dealkylation sites (N-methyl/N-ethyl adjacent to an activating group) is 1. The van der Waals surface area contributed by atoms with Crippen molar-refractivity contribution in [1.82, 2.24) is 10.2 Å². The predicted molar refractivity (Wildman–Crippen MR) is 71.2 cm³/mol. The van der Waals surface area contributed by atoms with Gasteiger partial charge in [-0.15, -0.1) is 0 Å². The fourth-order valence-electron chi connectivity index (χ4n) is 1.97. The number of carbonyl (C=O) groups excluding carboxylic acids is 2. The van der Waals surface area contributed by atoms with Gasteiger partial charge in [0, 0.05) is 20.5 Å². The van der Waals surface area contributed by atoms with E-state index in [1.807, 2.05) is 0 Å². The summed E-state index contributed by atoms with van der Waals surface area (Å²) in [6, 6.07) is 4.31. The minimum Gasteiger partial charge on any atom is -0.345 e. The Balaban J connectivity index is 2.87. The van der Waals surface area contributed by atoms with Crippen molar-refractivity contribution in [2.45, 2.75) is 32.6 Å². The van der Waals surface area contributed by atoms with Gasteiger partial charge in [-0.3, -0.25) is 9.59 Å². The summed E-state index contributed by atoms with van der Waals surface area (Å²) in [5, 5.41) is 2.40. The first-order chi connectivity index (χ1) is 9.62. The van der Waals surface area contributed by atoms with Crippen LogP contribution < -0.4 is 5.32 Å². The molecule has 0 radical (unpaired) electrons. The van der Waals surface area contributed by atoms with Gasteiger partial charge in [0.1, 0.15) is 6.04 Å². The Hall–Kier alpha value is -2.05. The van der Waals surface area contributed by atoms with Crippen molar-refractivity contribution in [2.75, 3.05) is 7.05 Å². The van der Waals surface area contributed by atoms with Gasteiger partial charge in [-0.2, -0.15) is 13.2 Å². The lowest BCUT2D eigenvalue weighted by Gasteiger charge is -2.23. The van der Waals surface area contributed by atoms with Gasteiger partial charge in [0.05, 0.1) is 5.56 Å². The fraction of sp³-hybridized carbons (Fsp3) is 0.429. The molecule has 0 heterocycles. The van der Waals surface area contributed by atoms with E-state index in [-0.39, 0.29) is 18.0 Å². The Morgan fingerprint density at radius 1 is 1.29 bits per heavy atom. The Bertz CT molecular complexity index is 529. The maximum Gasteiger partial charge on any atom is 0.416 e. The van der Waals surface area contributed by atoms with Crippen molar-refractivity contribution in [3.05, 3.63) is 35.4 Å². The van der Waals surface area contributed by atoms with Gasteiger partial charge < -0.3 is 10.2 Å². The highest BCUT2D eigenvalue weighted by Crippen LogP contribution is 2.32. The van der Waals surface area contributed by atoms with Crippen LogP contribution in [0, 0.1) is 0 Å². The Morgan fingerprint density at radius 2 is 1.86 bits per heavy atom. The van der Waals surface area contributed by atoms with E-state index in [1.54, 1.807) is 0 Å². The molecule has 4 nitrogen and oxygen atoms in total. The van der Waals surface area contributed by atoms with Crippen molar-refractivity contribution in [1.29, 1.82) is 0 Å². The first kappa shape index (κ1) is 17.0. The molecule has 21 heavy (non-hydrogen) atoms. The largest absolute Gasteiger partial charge is 0.416 e. The zero-order chi connectivity index (χ0) is 16.2. The average Bonchev–Trinajstić information content (AvgIpc) is 2.36. The lowest BCUT2D eigenvalue weighted by Crippen LogP contribution is -2.44. The van der Waals surface area contributed by atoms with Crippen LogP contribution in [0.2, 0.25) is 0 Å². The number of hydrogen-bond acceptors (Lipinski definition) is 2. The van der Waals surface area contributed by atoms with Crippen LogP contribution in [0.25, 0.3) is 0 Å². The molecule has 1 N–H and O–H groups in total. The molecule has 1 rings (SSSR count). The highest BCUT2D eigenvalue weighted by Gasteiger charge is 2.33. The zero-order valence-electron chi connectivity index (χ0n) is 12.0. The molecule has 2 amide bonds. The predicted octanol–water partition coefficient (Wildman–Crippen LogP) is 2.19. The molecular weight excluding hydrogens is 285 g/mol. The normalized spacial score (nSPS) is 12.7. The van der Waals surface area contributed by atoms with Crippen LogP contribution >= 0.6 is 0 Å². The van der Waals surface area contributed by atoms with E-state index in [4.69, 9.17) is 0 Å². The van der Waals surface area contributed by atoms with Crippen LogP contribution in [0.1, 0.15) is 25.0 Å². The monoisotopic (exact) mass is 302 g/mol. The van der Waals surface area contributed by atoms with E-state index in [2.05, 4.69) is 5.32 Å². The van der Waals surface area contributed by atoms with Crippen LogP contribution in [0.4, 0.5) is 13.2 Å². The van der Waals surface area contributed by atoms with E-state index < -0.39 is 23.7 Å². The first-order valence-electron chi connectivity index (χ1n) is 6.30. The summed E-state index contributed by atoms with van der Waals surface area (Å²) in [6.07, 6.45) is -4.47. The van der Waals surface area contributed by atoms with Crippen molar-refractivity contribution >= 4 is 11.8 Å². The van der Waals surface area contributed by atoms with Crippen molar-refractivity contribution in [3.63, 3.8) is 0 Å². The molecule has 1 unspecified atom stereocenters. The standard InChI is InChI=1S/C14H17F3N2O2/c1-9(18-10(2)20)13(21)19(3)8-11-6-4-5-7-12(11)14(15,16)17/h4-7,9H,8H2,1-3H3,(H,18,20). The van der Waals surface area contributed by atoms with Gasteiger partial charge in [0.25, 0.3) is 0 Å². The fourth-order valence-corrected chi connectivity index (χ4v) is 1.97. The van der Waals surface area contributed by atoms with Gasteiger partial charge >= 0.3 is 6.18 Å². The Kier molecular flexibility index (Phi) is 5.34. The highest BCUT2D eigenvalue weighted by molar-refractivity contribution is 5.86. The summed E-state index contributed by atoms with van der Waals surface area (Å²) in [5.74, 6) is -0.831. The highest BCUT2D eigenvalue weighted by atomic mass is 19.4. The molecule has 0 aliphatic rings. The average molecular weight is 302 g/mol. The molecule has 0 saturated carbocycles. The Labute approximate surface area is 120 Å². The van der Waals surface area contributed by atoms with Gasteiger partial charge in [-0.05, 0) is 18.6 Å². The molecule has 0 bridgehead atoms. The van der Waals surface area contributed by atoms with Crippen molar-refractivity contribution < 1.29 is 22.8 Å². The number of amides is 2. The number of alkyl halides is 3. The summed E-state index contributed by atoms with van der Waals surface area (Å²) in [7, 11) is 1.40. The molecule has 1 aromatic rings. The lowest BCUT2D eigenvalue weighted by molar-refractivity contribution is -0.140. The van der Waals surface area contributed by atoms with Crippen molar-refractivity contribution in [3.8, 4) is 0 Å². The first-order valence-corrected chi connectivity index (χ1v) is 6.30. The summed E-state index contributed by atoms with van der Waals surface area (Å²) < 4.78 is 38.6. The minimum atomic E-state index is -4.47. The van der Waals surface area contributed by atoms with Crippen LogP contribution in [-0.2, 0) is 22.3 Å². The number of halogens is 3. The van der Waals surface area contributed by atoms with E-state index in [9.17, 15) is 22.8 Å². The summed E-state index contributed by atoms with van der Waals surface area (Å²) in [4.78, 5) is 24.0. The molecular formula is C14H17F3N2O2. The topological polar surface area (TPSA) is 49.4 Å². The quantitative estimate of drug-likeness (QED) is 0.927. The molecule has 0 saturated heterocycles. The molecule has 1 atom stereocenters. The van der Waals surface area contributed by atoms with Crippen LogP contribution in [0.5, 0.6) is 0 Å². The third-order valence-electron chi connectivity index (χ3n) is 2.90. The summed E-state index contributed by atoms with van der Waals surface area (Å²) in [6.45, 7) is 2.57. The summed E-state index contributed by atoms with van der Waals surface area (Å²) in [5.41, 5.74) is -0.757. The Morgan fingerprint density at radius 3 is 2.38 bits per heavy atom. The second-order valence-corrected chi connectivity index (χ2v) is 4.77. The molecule has 0 aliphatic heterocycles. The van der Waals surface area contributed by atoms with Crippen LogP contribution in [-0.4, -0.2) is 29.8 Å². The molecule has 1 aromatic carbocycles. The lowest BCUT2D eigenvalue weighted by atomic mass is 10.1. The smallest absolute Gasteiger partial charge is 0.345 e. The second-order valence-electron chi connectivity index (χ2n) is 4.77. The van der Waals surface area contributed by atoms with Gasteiger partial charge in [0.15, 0.2) is 0 Å². The number of carbonyl (C=O) groups is 2. The van der Waals surface area contributed by atoms with Crippen molar-refractivity contribution in [2.24, 2.45) is 0 Å². The van der Waals surface area contributed by atoms with E-state index in [1.165, 1.54) is 39.1 Å². The number of nitrogens with zero attached hydrogens (tertiary/aromatic N) is 1. The molecule has 0 aromatic heterocycles. The molecule has 116 valence electrons. The van der Waals surface area contributed by atoms with Crippen LogP contribution in [0.3, 0.4) is 0 Å². The van der Waals surface area contributed by atoms with E-state index in [0.29, 0.717) is 0 Å². The third kappa shape index (κ3) is 4.77. The number of benzene rings is 1. The van der Waals surface area contributed by atoms with Gasteiger partial charge in [-0.25, -0.2) is 0 Å². The number of nitrogens with one attached hydrogen (secondary N) is 1. The SMILES string of the molecule is CC(=O)NC(C)C(=O)N(C)Cc1ccccc1C(F)(F)F. The zero-order valence-corrected chi connectivity index (χ0v) is 12.0. The minimum absolute atomic E-state index is 0.0101. The number of rotatable bonds is 4. The van der Waals surface area contributed by atoms with Crippen LogP contribution in [0.15, 0.2) is 24.3 Å². The maximum absolute atomic E-state index is 12.9. The molecule has 7 heteroatoms. The van der Waals surface area contributed by atoms with Gasteiger partial charge in [-0.1, -0.05) is 18.2 Å². The molecule has 0 spiro atoms. The van der Waals surface area contributed by atoms with E-state index >= 15 is 0 Å².